The lowest BCUT2D eigenvalue weighted by Gasteiger charge is -2.16. The largest absolute Gasteiger partial charge is 0.508 e. The summed E-state index contributed by atoms with van der Waals surface area (Å²) in [6, 6.07) is 7.56. The Morgan fingerprint density at radius 1 is 1.27 bits per heavy atom. The molecule has 1 aliphatic heterocycles. The van der Waals surface area contributed by atoms with Crippen molar-refractivity contribution in [2.75, 3.05) is 18.0 Å². The minimum absolute atomic E-state index is 0.386. The maximum absolute atomic E-state index is 9.90. The summed E-state index contributed by atoms with van der Waals surface area (Å²) in [5, 5.41) is 16.7. The Bertz CT molecular complexity index is 800. The zero-order valence-electron chi connectivity index (χ0n) is 12.1. The van der Waals surface area contributed by atoms with E-state index in [1.807, 2.05) is 18.2 Å². The summed E-state index contributed by atoms with van der Waals surface area (Å²) in [6.45, 7) is 1.86. The first-order valence-electron chi connectivity index (χ1n) is 7.47. The van der Waals surface area contributed by atoms with Crippen molar-refractivity contribution in [2.24, 2.45) is 5.92 Å². The van der Waals surface area contributed by atoms with Crippen molar-refractivity contribution in [1.82, 2.24) is 20.2 Å². The number of aromatic hydroxyl groups is 1. The zero-order valence-corrected chi connectivity index (χ0v) is 12.1. The number of nitrogens with zero attached hydrogens (tertiary/aromatic N) is 4. The number of para-hydroxylation sites is 1. The van der Waals surface area contributed by atoms with Gasteiger partial charge in [0, 0.05) is 13.1 Å². The number of nitrogens with one attached hydrogen (secondary N) is 1. The van der Waals surface area contributed by atoms with E-state index in [1.54, 1.807) is 18.5 Å². The van der Waals surface area contributed by atoms with Crippen LogP contribution in [0.15, 0.2) is 36.7 Å². The van der Waals surface area contributed by atoms with E-state index in [0.717, 1.165) is 48.5 Å². The van der Waals surface area contributed by atoms with E-state index >= 15 is 0 Å². The van der Waals surface area contributed by atoms with Gasteiger partial charge in [0.2, 0.25) is 5.95 Å². The molecule has 1 atom stereocenters. The number of hydrogen-bond donors (Lipinski definition) is 2. The molecule has 4 rings (SSSR count). The Balaban J connectivity index is 1.49. The summed E-state index contributed by atoms with van der Waals surface area (Å²) in [7, 11) is 0. The first kappa shape index (κ1) is 13.1. The van der Waals surface area contributed by atoms with E-state index in [2.05, 4.69) is 25.1 Å². The van der Waals surface area contributed by atoms with Crippen LogP contribution in [-0.4, -0.2) is 38.4 Å². The van der Waals surface area contributed by atoms with Gasteiger partial charge in [0.15, 0.2) is 0 Å². The molecule has 1 fully saturated rings. The smallest absolute Gasteiger partial charge is 0.226 e. The van der Waals surface area contributed by atoms with Crippen LogP contribution in [0.1, 0.15) is 12.0 Å². The lowest BCUT2D eigenvalue weighted by atomic mass is 9.98. The third kappa shape index (κ3) is 2.36. The lowest BCUT2D eigenvalue weighted by molar-refractivity contribution is 0.459. The average molecular weight is 295 g/mol. The Morgan fingerprint density at radius 3 is 3.09 bits per heavy atom. The maximum atomic E-state index is 9.90. The van der Waals surface area contributed by atoms with Crippen molar-refractivity contribution in [3.8, 4) is 5.75 Å². The molecule has 6 heteroatoms. The minimum Gasteiger partial charge on any atom is -0.508 e. The molecule has 1 unspecified atom stereocenters. The van der Waals surface area contributed by atoms with Crippen LogP contribution in [0.5, 0.6) is 5.75 Å². The van der Waals surface area contributed by atoms with Crippen molar-refractivity contribution in [3.63, 3.8) is 0 Å². The fourth-order valence-corrected chi connectivity index (χ4v) is 3.06. The fraction of sp³-hybridized carbons (Fsp3) is 0.312. The second-order valence-electron chi connectivity index (χ2n) is 5.77. The van der Waals surface area contributed by atoms with Crippen LogP contribution in [-0.2, 0) is 6.42 Å². The molecule has 6 nitrogen and oxygen atoms in total. The van der Waals surface area contributed by atoms with Crippen LogP contribution in [0.4, 0.5) is 5.95 Å². The summed E-state index contributed by atoms with van der Waals surface area (Å²) in [4.78, 5) is 11.2. The lowest BCUT2D eigenvalue weighted by Crippen LogP contribution is -2.22. The molecule has 22 heavy (non-hydrogen) atoms. The number of phenolic OH excluding ortho intramolecular Hbond substituents is 1. The predicted octanol–water partition coefficient (Wildman–Crippen LogP) is 2.13. The highest BCUT2D eigenvalue weighted by atomic mass is 16.3. The molecule has 2 aromatic heterocycles. The molecule has 1 aliphatic rings. The SMILES string of the molecule is Oc1ccccc1CC1CCN(c2ncc3[nH]ncc3n2)C1. The molecule has 0 spiro atoms. The molecule has 0 saturated carbocycles. The van der Waals surface area contributed by atoms with Gasteiger partial charge in [-0.1, -0.05) is 18.2 Å². The van der Waals surface area contributed by atoms with E-state index in [1.165, 1.54) is 0 Å². The summed E-state index contributed by atoms with van der Waals surface area (Å²) in [5.74, 6) is 1.66. The first-order valence-corrected chi connectivity index (χ1v) is 7.47. The summed E-state index contributed by atoms with van der Waals surface area (Å²) in [5.41, 5.74) is 2.71. The number of phenols is 1. The number of H-pyrrole nitrogens is 1. The normalized spacial score (nSPS) is 18.2. The first-order chi connectivity index (χ1) is 10.8. The molecule has 1 saturated heterocycles. The Labute approximate surface area is 127 Å². The van der Waals surface area contributed by atoms with Gasteiger partial charge in [0.25, 0.3) is 0 Å². The van der Waals surface area contributed by atoms with Crippen LogP contribution >= 0.6 is 0 Å². The summed E-state index contributed by atoms with van der Waals surface area (Å²) in [6.07, 6.45) is 5.47. The molecule has 3 aromatic rings. The molecule has 0 amide bonds. The number of anilines is 1. The predicted molar refractivity (Wildman–Crippen MR) is 83.8 cm³/mol. The second kappa shape index (κ2) is 5.29. The van der Waals surface area contributed by atoms with E-state index < -0.39 is 0 Å². The highest BCUT2D eigenvalue weighted by molar-refractivity contribution is 5.73. The molecular weight excluding hydrogens is 278 g/mol. The van der Waals surface area contributed by atoms with Gasteiger partial charge in [-0.2, -0.15) is 5.10 Å². The van der Waals surface area contributed by atoms with Gasteiger partial charge < -0.3 is 10.0 Å². The van der Waals surface area contributed by atoms with Gasteiger partial charge in [-0.25, -0.2) is 9.97 Å². The number of benzene rings is 1. The van der Waals surface area contributed by atoms with Crippen LogP contribution in [0.2, 0.25) is 0 Å². The fourth-order valence-electron chi connectivity index (χ4n) is 3.06. The quantitative estimate of drug-likeness (QED) is 0.774. The molecule has 1 aromatic carbocycles. The molecule has 112 valence electrons. The van der Waals surface area contributed by atoms with Gasteiger partial charge in [-0.05, 0) is 30.4 Å². The van der Waals surface area contributed by atoms with Crippen LogP contribution < -0.4 is 4.90 Å². The van der Waals surface area contributed by atoms with Gasteiger partial charge in [-0.3, -0.25) is 5.10 Å². The van der Waals surface area contributed by atoms with Gasteiger partial charge in [0.1, 0.15) is 16.8 Å². The van der Waals surface area contributed by atoms with Crippen molar-refractivity contribution in [3.05, 3.63) is 42.2 Å². The average Bonchev–Trinajstić information content (AvgIpc) is 3.17. The Kier molecular flexibility index (Phi) is 3.14. The molecule has 0 bridgehead atoms. The van der Waals surface area contributed by atoms with E-state index in [9.17, 15) is 5.11 Å². The number of hydrogen-bond acceptors (Lipinski definition) is 5. The van der Waals surface area contributed by atoms with Crippen LogP contribution in [0, 0.1) is 5.92 Å². The van der Waals surface area contributed by atoms with Gasteiger partial charge in [0.05, 0.1) is 12.4 Å². The highest BCUT2D eigenvalue weighted by Gasteiger charge is 2.25. The van der Waals surface area contributed by atoms with Crippen molar-refractivity contribution in [2.45, 2.75) is 12.8 Å². The van der Waals surface area contributed by atoms with E-state index in [-0.39, 0.29) is 0 Å². The molecular formula is C16H17N5O. The summed E-state index contributed by atoms with van der Waals surface area (Å²) < 4.78 is 0. The molecule has 0 radical (unpaired) electrons. The summed E-state index contributed by atoms with van der Waals surface area (Å²) >= 11 is 0. The second-order valence-corrected chi connectivity index (χ2v) is 5.77. The topological polar surface area (TPSA) is 77.9 Å². The number of fused-ring (bicyclic) bond motifs is 1. The molecule has 3 heterocycles. The van der Waals surface area contributed by atoms with Crippen molar-refractivity contribution >= 4 is 17.0 Å². The third-order valence-electron chi connectivity index (χ3n) is 4.25. The van der Waals surface area contributed by atoms with Crippen LogP contribution in [0.3, 0.4) is 0 Å². The van der Waals surface area contributed by atoms with E-state index in [0.29, 0.717) is 11.7 Å². The number of aromatic nitrogens is 4. The highest BCUT2D eigenvalue weighted by Crippen LogP contribution is 2.27. The van der Waals surface area contributed by atoms with Gasteiger partial charge >= 0.3 is 0 Å². The zero-order chi connectivity index (χ0) is 14.9. The standard InChI is InChI=1S/C16H17N5O/c22-15-4-2-1-3-12(15)7-11-5-6-21(10-11)16-17-8-14-13(19-16)9-18-20-14/h1-4,8-9,11,22H,5-7,10H2,(H,18,20). The Morgan fingerprint density at radius 2 is 2.18 bits per heavy atom. The number of aromatic amines is 1. The van der Waals surface area contributed by atoms with Crippen LogP contribution in [0.25, 0.3) is 11.0 Å². The number of rotatable bonds is 3. The Hall–Kier alpha value is -2.63. The third-order valence-corrected chi connectivity index (χ3v) is 4.25. The minimum atomic E-state index is 0.386. The maximum Gasteiger partial charge on any atom is 0.226 e. The van der Waals surface area contributed by atoms with E-state index in [4.69, 9.17) is 0 Å². The van der Waals surface area contributed by atoms with Crippen molar-refractivity contribution < 1.29 is 5.11 Å². The van der Waals surface area contributed by atoms with Gasteiger partial charge in [-0.15, -0.1) is 0 Å². The molecule has 2 N–H and O–H groups in total. The molecule has 0 aliphatic carbocycles. The monoisotopic (exact) mass is 295 g/mol. The van der Waals surface area contributed by atoms with Crippen molar-refractivity contribution in [1.29, 1.82) is 0 Å².